The second kappa shape index (κ2) is 8.27. The molecule has 0 saturated carbocycles. The van der Waals surface area contributed by atoms with E-state index in [2.05, 4.69) is 15.5 Å². The van der Waals surface area contributed by atoms with E-state index < -0.39 is 17.5 Å². The lowest BCUT2D eigenvalue weighted by Gasteiger charge is -2.14. The standard InChI is InChI=1S/C20H24N6O3/c1-13(12-27)22-19(28)17-9-18(14-5-7-15(8-6-14)24(2)3)23-26(20(17)29)16-10-21-25(4)11-16/h5-11,13,27H,12H2,1-4H3,(H,22,28). The zero-order chi connectivity index (χ0) is 21.1. The number of nitrogens with one attached hydrogen (secondary N) is 1. The minimum absolute atomic E-state index is 0.0594. The number of rotatable bonds is 6. The maximum Gasteiger partial charge on any atom is 0.284 e. The van der Waals surface area contributed by atoms with Crippen LogP contribution in [0.4, 0.5) is 5.69 Å². The fraction of sp³-hybridized carbons (Fsp3) is 0.300. The average Bonchev–Trinajstić information content (AvgIpc) is 3.14. The van der Waals surface area contributed by atoms with Gasteiger partial charge in [-0.15, -0.1) is 0 Å². The van der Waals surface area contributed by atoms with E-state index in [-0.39, 0.29) is 12.2 Å². The minimum Gasteiger partial charge on any atom is -0.394 e. The van der Waals surface area contributed by atoms with Crippen molar-refractivity contribution < 1.29 is 9.90 Å². The first-order valence-corrected chi connectivity index (χ1v) is 9.13. The van der Waals surface area contributed by atoms with Crippen molar-refractivity contribution in [2.24, 2.45) is 7.05 Å². The lowest BCUT2D eigenvalue weighted by atomic mass is 10.1. The molecule has 0 saturated heterocycles. The molecule has 0 aliphatic heterocycles. The predicted molar refractivity (Wildman–Crippen MR) is 110 cm³/mol. The summed E-state index contributed by atoms with van der Waals surface area (Å²) in [5.74, 6) is -0.567. The van der Waals surface area contributed by atoms with Crippen molar-refractivity contribution in [2.45, 2.75) is 13.0 Å². The van der Waals surface area contributed by atoms with Crippen LogP contribution in [-0.4, -0.2) is 57.3 Å². The maximum atomic E-state index is 13.0. The van der Waals surface area contributed by atoms with E-state index in [0.717, 1.165) is 11.3 Å². The van der Waals surface area contributed by atoms with Gasteiger partial charge in [-0.2, -0.15) is 14.9 Å². The number of aromatic nitrogens is 4. The number of carbonyl (C=O) groups excluding carboxylic acids is 1. The van der Waals surface area contributed by atoms with Crippen LogP contribution in [0.3, 0.4) is 0 Å². The Bertz CT molecular complexity index is 1070. The normalized spacial score (nSPS) is 11.9. The van der Waals surface area contributed by atoms with Gasteiger partial charge in [0.2, 0.25) is 0 Å². The van der Waals surface area contributed by atoms with Crippen molar-refractivity contribution in [3.8, 4) is 16.9 Å². The smallest absolute Gasteiger partial charge is 0.284 e. The number of aliphatic hydroxyl groups is 1. The van der Waals surface area contributed by atoms with Gasteiger partial charge in [0.25, 0.3) is 11.5 Å². The molecular weight excluding hydrogens is 372 g/mol. The molecule has 1 amide bonds. The van der Waals surface area contributed by atoms with Gasteiger partial charge in [0.15, 0.2) is 0 Å². The Balaban J connectivity index is 2.14. The fourth-order valence-electron chi connectivity index (χ4n) is 2.77. The zero-order valence-corrected chi connectivity index (χ0v) is 16.8. The third-order valence-electron chi connectivity index (χ3n) is 4.42. The molecule has 0 bridgehead atoms. The third-order valence-corrected chi connectivity index (χ3v) is 4.42. The lowest BCUT2D eigenvalue weighted by Crippen LogP contribution is -2.39. The molecule has 29 heavy (non-hydrogen) atoms. The Labute approximate surface area is 168 Å². The summed E-state index contributed by atoms with van der Waals surface area (Å²) in [6.45, 7) is 1.42. The molecule has 3 rings (SSSR count). The van der Waals surface area contributed by atoms with Gasteiger partial charge >= 0.3 is 0 Å². The highest BCUT2D eigenvalue weighted by Crippen LogP contribution is 2.21. The molecule has 0 fully saturated rings. The van der Waals surface area contributed by atoms with Gasteiger partial charge < -0.3 is 15.3 Å². The summed E-state index contributed by atoms with van der Waals surface area (Å²) < 4.78 is 2.72. The fourth-order valence-corrected chi connectivity index (χ4v) is 2.77. The highest BCUT2D eigenvalue weighted by Gasteiger charge is 2.19. The second-order valence-corrected chi connectivity index (χ2v) is 7.03. The van der Waals surface area contributed by atoms with Gasteiger partial charge in [0.05, 0.1) is 24.7 Å². The Morgan fingerprint density at radius 3 is 2.52 bits per heavy atom. The molecule has 0 aliphatic rings. The molecule has 3 aromatic rings. The average molecular weight is 396 g/mol. The van der Waals surface area contributed by atoms with Crippen LogP contribution in [0.5, 0.6) is 0 Å². The Hall–Kier alpha value is -3.46. The van der Waals surface area contributed by atoms with Crippen LogP contribution in [0.1, 0.15) is 17.3 Å². The highest BCUT2D eigenvalue weighted by molar-refractivity contribution is 5.95. The summed E-state index contributed by atoms with van der Waals surface area (Å²) in [5.41, 5.74) is 2.08. The predicted octanol–water partition coefficient (Wildman–Crippen LogP) is 0.810. The first kappa shape index (κ1) is 20.3. The number of carbonyl (C=O) groups is 1. The lowest BCUT2D eigenvalue weighted by molar-refractivity contribution is 0.0920. The topological polar surface area (TPSA) is 105 Å². The largest absolute Gasteiger partial charge is 0.394 e. The first-order chi connectivity index (χ1) is 13.8. The van der Waals surface area contributed by atoms with Crippen LogP contribution in [0, 0.1) is 0 Å². The summed E-state index contributed by atoms with van der Waals surface area (Å²) >= 11 is 0. The molecule has 0 radical (unpaired) electrons. The number of anilines is 1. The van der Waals surface area contributed by atoms with Crippen LogP contribution >= 0.6 is 0 Å². The third kappa shape index (κ3) is 4.35. The van der Waals surface area contributed by atoms with Gasteiger partial charge in [-0.1, -0.05) is 12.1 Å². The van der Waals surface area contributed by atoms with Gasteiger partial charge in [-0.25, -0.2) is 0 Å². The number of amides is 1. The molecule has 0 aliphatic carbocycles. The van der Waals surface area contributed by atoms with Gasteiger partial charge in [-0.3, -0.25) is 14.3 Å². The van der Waals surface area contributed by atoms with Crippen LogP contribution < -0.4 is 15.8 Å². The molecular formula is C20H24N6O3. The van der Waals surface area contributed by atoms with Gasteiger partial charge in [0, 0.05) is 38.4 Å². The highest BCUT2D eigenvalue weighted by atomic mass is 16.3. The Morgan fingerprint density at radius 2 is 1.97 bits per heavy atom. The van der Waals surface area contributed by atoms with Gasteiger partial charge in [0.1, 0.15) is 11.3 Å². The van der Waals surface area contributed by atoms with Crippen molar-refractivity contribution in [1.29, 1.82) is 0 Å². The number of aryl methyl sites for hydroxylation is 1. The number of hydrogen-bond donors (Lipinski definition) is 2. The van der Waals surface area contributed by atoms with E-state index in [4.69, 9.17) is 0 Å². The quantitative estimate of drug-likeness (QED) is 0.639. The van der Waals surface area contributed by atoms with Crippen LogP contribution in [0.25, 0.3) is 16.9 Å². The van der Waals surface area contributed by atoms with E-state index in [1.807, 2.05) is 43.3 Å². The van der Waals surface area contributed by atoms with Crippen LogP contribution in [-0.2, 0) is 7.05 Å². The molecule has 9 heteroatoms. The molecule has 0 spiro atoms. The van der Waals surface area contributed by atoms with E-state index in [1.54, 1.807) is 24.9 Å². The summed E-state index contributed by atoms with van der Waals surface area (Å²) in [4.78, 5) is 27.6. The van der Waals surface area contributed by atoms with Crippen molar-refractivity contribution >= 4 is 11.6 Å². The summed E-state index contributed by atoms with van der Waals surface area (Å²) in [6.07, 6.45) is 3.15. The number of hydrogen-bond acceptors (Lipinski definition) is 6. The van der Waals surface area contributed by atoms with E-state index >= 15 is 0 Å². The van der Waals surface area contributed by atoms with Crippen LogP contribution in [0.2, 0.25) is 0 Å². The van der Waals surface area contributed by atoms with E-state index in [0.29, 0.717) is 11.4 Å². The van der Waals surface area contributed by atoms with Gasteiger partial charge in [-0.05, 0) is 25.1 Å². The molecule has 2 N–H and O–H groups in total. The Kier molecular flexibility index (Phi) is 5.79. The summed E-state index contributed by atoms with van der Waals surface area (Å²) in [5, 5.41) is 20.4. The molecule has 2 heterocycles. The van der Waals surface area contributed by atoms with E-state index in [9.17, 15) is 14.7 Å². The molecule has 2 aromatic heterocycles. The van der Waals surface area contributed by atoms with Crippen molar-refractivity contribution in [1.82, 2.24) is 24.9 Å². The maximum absolute atomic E-state index is 13.0. The SMILES string of the molecule is CC(CO)NC(=O)c1cc(-c2ccc(N(C)C)cc2)nn(-c2cnn(C)c2)c1=O. The molecule has 1 unspecified atom stereocenters. The summed E-state index contributed by atoms with van der Waals surface area (Å²) in [6, 6.07) is 8.62. The van der Waals surface area contributed by atoms with Crippen molar-refractivity contribution in [3.05, 3.63) is 58.6 Å². The first-order valence-electron chi connectivity index (χ1n) is 9.13. The van der Waals surface area contributed by atoms with E-state index in [1.165, 1.54) is 16.9 Å². The number of benzene rings is 1. The molecule has 9 nitrogen and oxygen atoms in total. The number of aliphatic hydroxyl groups excluding tert-OH is 1. The molecule has 152 valence electrons. The van der Waals surface area contributed by atoms with Crippen LogP contribution in [0.15, 0.2) is 47.5 Å². The van der Waals surface area contributed by atoms with Crippen molar-refractivity contribution in [3.63, 3.8) is 0 Å². The summed E-state index contributed by atoms with van der Waals surface area (Å²) in [7, 11) is 5.62. The zero-order valence-electron chi connectivity index (χ0n) is 16.8. The second-order valence-electron chi connectivity index (χ2n) is 7.03. The Morgan fingerprint density at radius 1 is 1.28 bits per heavy atom. The molecule has 1 aromatic carbocycles. The van der Waals surface area contributed by atoms with Crippen molar-refractivity contribution in [2.75, 3.05) is 25.6 Å². The minimum atomic E-state index is -0.567. The number of nitrogens with zero attached hydrogens (tertiary/aromatic N) is 5. The monoisotopic (exact) mass is 396 g/mol. The molecule has 1 atom stereocenters.